The zero-order valence-corrected chi connectivity index (χ0v) is 13.0. The van der Waals surface area contributed by atoms with E-state index < -0.39 is 0 Å². The fraction of sp³-hybridized carbons (Fsp3) is 0.588. The van der Waals surface area contributed by atoms with Crippen LogP contribution in [0.15, 0.2) is 24.3 Å². The number of ether oxygens (including phenoxy) is 1. The molecule has 2 atom stereocenters. The first-order valence-corrected chi connectivity index (χ1v) is 7.89. The molecule has 0 bridgehead atoms. The van der Waals surface area contributed by atoms with Gasteiger partial charge in [-0.25, -0.2) is 0 Å². The Kier molecular flexibility index (Phi) is 6.21. The average Bonchev–Trinajstić information content (AvgIpc) is 2.52. The van der Waals surface area contributed by atoms with E-state index >= 15 is 0 Å². The first kappa shape index (κ1) is 16.0. The van der Waals surface area contributed by atoms with Crippen LogP contribution in [0.25, 0.3) is 0 Å². The van der Waals surface area contributed by atoms with Gasteiger partial charge in [0.1, 0.15) is 0 Å². The molecule has 1 heterocycles. The van der Waals surface area contributed by atoms with Gasteiger partial charge in [-0.3, -0.25) is 4.79 Å². The Bertz CT molecular complexity index is 445. The summed E-state index contributed by atoms with van der Waals surface area (Å²) in [5, 5.41) is 6.23. The molecule has 1 amide bonds. The summed E-state index contributed by atoms with van der Waals surface area (Å²) in [6.45, 7) is 7.27. The van der Waals surface area contributed by atoms with Gasteiger partial charge < -0.3 is 15.4 Å². The first-order chi connectivity index (χ1) is 10.2. The number of hydrogen-bond donors (Lipinski definition) is 2. The number of likely N-dealkylation sites (N-methyl/N-ethyl adjacent to an activating group) is 1. The van der Waals surface area contributed by atoms with Crippen molar-refractivity contribution in [3.05, 3.63) is 35.4 Å². The summed E-state index contributed by atoms with van der Waals surface area (Å²) < 4.78 is 5.89. The molecule has 2 N–H and O–H groups in total. The second kappa shape index (κ2) is 8.15. The summed E-state index contributed by atoms with van der Waals surface area (Å²) in [5.41, 5.74) is 2.33. The van der Waals surface area contributed by atoms with Gasteiger partial charge in [-0.15, -0.1) is 0 Å². The monoisotopic (exact) mass is 290 g/mol. The topological polar surface area (TPSA) is 50.4 Å². The molecule has 0 radical (unpaired) electrons. The molecule has 1 saturated heterocycles. The summed E-state index contributed by atoms with van der Waals surface area (Å²) in [7, 11) is 0. The predicted molar refractivity (Wildman–Crippen MR) is 84.1 cm³/mol. The standard InChI is InChI=1S/C17H26N2O2/c1-3-18-10-11-19-17(20)15-5-4-12-21-16(15)14-8-6-13(2)7-9-14/h6-9,15-16,18H,3-5,10-12H2,1-2H3,(H,19,20). The van der Waals surface area contributed by atoms with Crippen LogP contribution in [0, 0.1) is 12.8 Å². The largest absolute Gasteiger partial charge is 0.373 e. The van der Waals surface area contributed by atoms with Crippen LogP contribution in [0.5, 0.6) is 0 Å². The van der Waals surface area contributed by atoms with Crippen LogP contribution in [0.2, 0.25) is 0 Å². The van der Waals surface area contributed by atoms with E-state index in [0.29, 0.717) is 6.54 Å². The third kappa shape index (κ3) is 4.55. The van der Waals surface area contributed by atoms with Gasteiger partial charge in [0.15, 0.2) is 0 Å². The zero-order valence-electron chi connectivity index (χ0n) is 13.0. The van der Waals surface area contributed by atoms with Crippen molar-refractivity contribution in [3.8, 4) is 0 Å². The van der Waals surface area contributed by atoms with Crippen molar-refractivity contribution < 1.29 is 9.53 Å². The highest BCUT2D eigenvalue weighted by molar-refractivity contribution is 5.79. The molecule has 4 heteroatoms. The summed E-state index contributed by atoms with van der Waals surface area (Å²) >= 11 is 0. The number of nitrogens with one attached hydrogen (secondary N) is 2. The van der Waals surface area contributed by atoms with Gasteiger partial charge in [0, 0.05) is 19.7 Å². The maximum absolute atomic E-state index is 12.4. The molecular formula is C17H26N2O2. The lowest BCUT2D eigenvalue weighted by Crippen LogP contribution is -2.40. The van der Waals surface area contributed by atoms with Crippen molar-refractivity contribution in [1.29, 1.82) is 0 Å². The molecule has 2 rings (SSSR count). The summed E-state index contributed by atoms with van der Waals surface area (Å²) in [5.74, 6) is 0.0289. The number of rotatable bonds is 6. The Labute approximate surface area is 127 Å². The van der Waals surface area contributed by atoms with Crippen LogP contribution in [0.1, 0.15) is 37.0 Å². The fourth-order valence-electron chi connectivity index (χ4n) is 2.72. The lowest BCUT2D eigenvalue weighted by atomic mass is 9.88. The van der Waals surface area contributed by atoms with Gasteiger partial charge in [0.2, 0.25) is 5.91 Å². The zero-order chi connectivity index (χ0) is 15.1. The van der Waals surface area contributed by atoms with E-state index in [2.05, 4.69) is 48.7 Å². The molecule has 0 aliphatic carbocycles. The summed E-state index contributed by atoms with van der Waals surface area (Å²) in [6.07, 6.45) is 1.73. The Balaban J connectivity index is 1.98. The molecule has 1 aromatic rings. The van der Waals surface area contributed by atoms with Crippen LogP contribution in [0.4, 0.5) is 0 Å². The minimum atomic E-state index is -0.113. The lowest BCUT2D eigenvalue weighted by molar-refractivity contribution is -0.134. The highest BCUT2D eigenvalue weighted by Crippen LogP contribution is 2.33. The van der Waals surface area contributed by atoms with Gasteiger partial charge in [-0.1, -0.05) is 36.8 Å². The molecule has 0 spiro atoms. The minimum absolute atomic E-state index is 0.0805. The molecule has 2 unspecified atom stereocenters. The van der Waals surface area contributed by atoms with Crippen molar-refractivity contribution in [2.24, 2.45) is 5.92 Å². The Morgan fingerprint density at radius 1 is 1.29 bits per heavy atom. The van der Waals surface area contributed by atoms with E-state index in [1.54, 1.807) is 0 Å². The van der Waals surface area contributed by atoms with Gasteiger partial charge in [-0.2, -0.15) is 0 Å². The van der Waals surface area contributed by atoms with Crippen molar-refractivity contribution in [2.75, 3.05) is 26.2 Å². The van der Waals surface area contributed by atoms with E-state index in [1.807, 2.05) is 0 Å². The van der Waals surface area contributed by atoms with Crippen molar-refractivity contribution in [3.63, 3.8) is 0 Å². The Morgan fingerprint density at radius 2 is 2.05 bits per heavy atom. The number of carbonyl (C=O) groups is 1. The summed E-state index contributed by atoms with van der Waals surface area (Å²) in [6, 6.07) is 8.30. The lowest BCUT2D eigenvalue weighted by Gasteiger charge is -2.31. The molecule has 116 valence electrons. The van der Waals surface area contributed by atoms with Crippen LogP contribution in [-0.4, -0.2) is 32.1 Å². The van der Waals surface area contributed by atoms with Crippen LogP contribution >= 0.6 is 0 Å². The predicted octanol–water partition coefficient (Wildman–Crippen LogP) is 2.19. The van der Waals surface area contributed by atoms with Crippen molar-refractivity contribution in [1.82, 2.24) is 10.6 Å². The fourth-order valence-corrected chi connectivity index (χ4v) is 2.72. The van der Waals surface area contributed by atoms with E-state index in [9.17, 15) is 4.79 Å². The first-order valence-electron chi connectivity index (χ1n) is 7.89. The maximum Gasteiger partial charge on any atom is 0.226 e. The number of benzene rings is 1. The summed E-state index contributed by atoms with van der Waals surface area (Å²) in [4.78, 5) is 12.4. The third-order valence-corrected chi connectivity index (χ3v) is 3.92. The molecule has 0 aromatic heterocycles. The van der Waals surface area contributed by atoms with Crippen molar-refractivity contribution >= 4 is 5.91 Å². The van der Waals surface area contributed by atoms with Crippen LogP contribution < -0.4 is 10.6 Å². The van der Waals surface area contributed by atoms with Gasteiger partial charge >= 0.3 is 0 Å². The molecule has 1 aliphatic rings. The normalized spacial score (nSPS) is 22.0. The van der Waals surface area contributed by atoms with E-state index in [0.717, 1.165) is 38.1 Å². The SMILES string of the molecule is CCNCCNC(=O)C1CCCOC1c1ccc(C)cc1. The molecule has 1 aliphatic heterocycles. The Hall–Kier alpha value is -1.39. The second-order valence-corrected chi connectivity index (χ2v) is 5.60. The van der Waals surface area contributed by atoms with E-state index in [4.69, 9.17) is 4.74 Å². The second-order valence-electron chi connectivity index (χ2n) is 5.60. The molecule has 4 nitrogen and oxygen atoms in total. The highest BCUT2D eigenvalue weighted by atomic mass is 16.5. The van der Waals surface area contributed by atoms with Crippen LogP contribution in [0.3, 0.4) is 0 Å². The third-order valence-electron chi connectivity index (χ3n) is 3.92. The van der Waals surface area contributed by atoms with E-state index in [1.165, 1.54) is 5.56 Å². The van der Waals surface area contributed by atoms with Crippen LogP contribution in [-0.2, 0) is 9.53 Å². The van der Waals surface area contributed by atoms with Gasteiger partial charge in [0.25, 0.3) is 0 Å². The molecule has 21 heavy (non-hydrogen) atoms. The minimum Gasteiger partial charge on any atom is -0.373 e. The van der Waals surface area contributed by atoms with Gasteiger partial charge in [-0.05, 0) is 31.9 Å². The highest BCUT2D eigenvalue weighted by Gasteiger charge is 2.32. The molecule has 1 aromatic carbocycles. The number of aryl methyl sites for hydroxylation is 1. The number of carbonyl (C=O) groups excluding carboxylic acids is 1. The number of amides is 1. The van der Waals surface area contributed by atoms with Crippen molar-refractivity contribution in [2.45, 2.75) is 32.8 Å². The molecule has 0 saturated carbocycles. The maximum atomic E-state index is 12.4. The average molecular weight is 290 g/mol. The quantitative estimate of drug-likeness (QED) is 0.790. The molecule has 1 fully saturated rings. The van der Waals surface area contributed by atoms with Gasteiger partial charge in [0.05, 0.1) is 12.0 Å². The molecular weight excluding hydrogens is 264 g/mol. The number of hydrogen-bond acceptors (Lipinski definition) is 3. The van der Waals surface area contributed by atoms with E-state index in [-0.39, 0.29) is 17.9 Å². The smallest absolute Gasteiger partial charge is 0.226 e. The Morgan fingerprint density at radius 3 is 2.76 bits per heavy atom.